The fraction of sp³-hybridized carbons (Fsp3) is 0.0294. The van der Waals surface area contributed by atoms with Crippen LogP contribution in [0, 0.1) is 0 Å². The normalized spacial score (nSPS) is 13.4. The Morgan fingerprint density at radius 3 is 1.79 bits per heavy atom. The summed E-state index contributed by atoms with van der Waals surface area (Å²) in [5, 5.41) is 9.69. The van der Waals surface area contributed by atoms with Crippen molar-refractivity contribution < 1.29 is 4.42 Å². The van der Waals surface area contributed by atoms with E-state index in [-0.39, 0.29) is 0 Å². The van der Waals surface area contributed by atoms with Gasteiger partial charge in [-0.2, -0.15) is 0 Å². The van der Waals surface area contributed by atoms with Gasteiger partial charge in [0.15, 0.2) is 0 Å². The lowest BCUT2D eigenvalue weighted by Crippen LogP contribution is -2.27. The minimum atomic E-state index is 0.342. The van der Waals surface area contributed by atoms with E-state index in [1.165, 1.54) is 54.3 Å². The molecule has 1 unspecified atom stereocenters. The molecule has 13 aromatic rings. The van der Waals surface area contributed by atoms with E-state index in [9.17, 15) is 0 Å². The van der Waals surface area contributed by atoms with Gasteiger partial charge in [0, 0.05) is 55.5 Å². The van der Waals surface area contributed by atoms with Crippen molar-refractivity contribution in [2.24, 2.45) is 0 Å². The van der Waals surface area contributed by atoms with Gasteiger partial charge < -0.3 is 13.9 Å². The van der Waals surface area contributed by atoms with Crippen molar-refractivity contribution in [3.05, 3.63) is 265 Å². The van der Waals surface area contributed by atoms with E-state index < -0.39 is 0 Å². The molecule has 14 rings (SSSR count). The molecule has 334 valence electrons. The number of benzene rings is 11. The van der Waals surface area contributed by atoms with E-state index in [2.05, 4.69) is 270 Å². The van der Waals surface area contributed by atoms with Gasteiger partial charge in [-0.15, -0.1) is 0 Å². The van der Waals surface area contributed by atoms with Crippen LogP contribution in [0.5, 0.6) is 0 Å². The van der Waals surface area contributed by atoms with E-state index in [4.69, 9.17) is 4.42 Å². The maximum absolute atomic E-state index is 6.58. The molecule has 0 saturated carbocycles. The number of furan rings is 1. The molecule has 0 bridgehead atoms. The summed E-state index contributed by atoms with van der Waals surface area (Å²) in [6.45, 7) is 0. The molecule has 0 spiro atoms. The van der Waals surface area contributed by atoms with Crippen LogP contribution in [-0.4, -0.2) is 4.57 Å². The first kappa shape index (κ1) is 40.8. The van der Waals surface area contributed by atoms with Crippen LogP contribution >= 0.6 is 0 Å². The van der Waals surface area contributed by atoms with Crippen LogP contribution in [0.3, 0.4) is 0 Å². The molecule has 71 heavy (non-hydrogen) atoms. The molecule has 1 aliphatic rings. The van der Waals surface area contributed by atoms with Gasteiger partial charge in [0.05, 0.1) is 16.7 Å². The van der Waals surface area contributed by atoms with Crippen molar-refractivity contribution in [1.82, 2.24) is 4.57 Å². The zero-order valence-corrected chi connectivity index (χ0v) is 38.9. The summed E-state index contributed by atoms with van der Waals surface area (Å²) in [4.78, 5) is 2.41. The lowest BCUT2D eigenvalue weighted by molar-refractivity contribution is 0.672. The Morgan fingerprint density at radius 1 is 0.408 bits per heavy atom. The summed E-state index contributed by atoms with van der Waals surface area (Å²) in [5.41, 5.74) is 16.9. The third-order valence-electron chi connectivity index (χ3n) is 14.7. The lowest BCUT2D eigenvalue weighted by Gasteiger charge is -2.28. The molecule has 0 N–H and O–H groups in total. The fourth-order valence-electron chi connectivity index (χ4n) is 11.2. The highest BCUT2D eigenvalue weighted by atomic mass is 16.3. The molecule has 11 aromatic carbocycles. The van der Waals surface area contributed by atoms with Crippen molar-refractivity contribution in [2.75, 3.05) is 4.90 Å². The third-order valence-corrected chi connectivity index (χ3v) is 14.7. The number of hydrogen-bond acceptors (Lipinski definition) is 2. The number of hydrogen-bond donors (Lipinski definition) is 0. The standard InChI is InChI=1S/C68H46N2O/c1-2-15-49-42-53(28-27-45(49)13-1)51-17-11-16-50(41-51)46-29-35-55(36-30-46)69(64-24-8-5-20-58(64)54-34-40-67-63(44-54)62-39-33-48-14-3-4-21-59(48)68(62)71-67)56-37-31-47(32-38-56)52-18-12-19-57(43-52)70-65-25-9-6-22-60(65)61-23-7-10-26-66(61)70/h1-27,29-44,53H,28H2. The smallest absolute Gasteiger partial charge is 0.143 e. The summed E-state index contributed by atoms with van der Waals surface area (Å²) < 4.78 is 8.96. The molecule has 2 aromatic heterocycles. The molecule has 0 amide bonds. The first-order valence-electron chi connectivity index (χ1n) is 24.6. The van der Waals surface area contributed by atoms with Gasteiger partial charge in [0.2, 0.25) is 0 Å². The molecule has 0 saturated heterocycles. The van der Waals surface area contributed by atoms with Crippen LogP contribution in [0.2, 0.25) is 0 Å². The number of aromatic nitrogens is 1. The average molecular weight is 907 g/mol. The number of nitrogens with zero attached hydrogens (tertiary/aromatic N) is 2. The molecular formula is C68H46N2O. The lowest BCUT2D eigenvalue weighted by atomic mass is 9.89. The van der Waals surface area contributed by atoms with Gasteiger partial charge in [-0.1, -0.05) is 188 Å². The van der Waals surface area contributed by atoms with Crippen molar-refractivity contribution in [3.63, 3.8) is 0 Å². The Hall–Kier alpha value is -9.18. The van der Waals surface area contributed by atoms with E-state index in [0.29, 0.717) is 5.92 Å². The number of fused-ring (bicyclic) bond motifs is 9. The van der Waals surface area contributed by atoms with E-state index in [1.807, 2.05) is 0 Å². The Kier molecular flexibility index (Phi) is 9.67. The van der Waals surface area contributed by atoms with Crippen LogP contribution in [0.4, 0.5) is 17.1 Å². The van der Waals surface area contributed by atoms with Gasteiger partial charge >= 0.3 is 0 Å². The second kappa shape index (κ2) is 16.8. The second-order valence-electron chi connectivity index (χ2n) is 18.8. The van der Waals surface area contributed by atoms with Crippen LogP contribution in [0.15, 0.2) is 253 Å². The van der Waals surface area contributed by atoms with Crippen LogP contribution < -0.4 is 15.3 Å². The van der Waals surface area contributed by atoms with Gasteiger partial charge in [-0.3, -0.25) is 0 Å². The number of para-hydroxylation sites is 3. The van der Waals surface area contributed by atoms with Crippen molar-refractivity contribution in [3.8, 4) is 39.1 Å². The first-order valence-corrected chi connectivity index (χ1v) is 24.6. The average Bonchev–Trinajstić information content (AvgIpc) is 4.00. The van der Waals surface area contributed by atoms with Gasteiger partial charge in [0.1, 0.15) is 11.2 Å². The second-order valence-corrected chi connectivity index (χ2v) is 18.8. The maximum Gasteiger partial charge on any atom is 0.143 e. The summed E-state index contributed by atoms with van der Waals surface area (Å²) in [6.07, 6.45) is 5.80. The van der Waals surface area contributed by atoms with Crippen LogP contribution in [-0.2, 0) is 0 Å². The molecule has 2 heterocycles. The predicted octanol–water partition coefficient (Wildman–Crippen LogP) is 17.1. The predicted molar refractivity (Wildman–Crippen MR) is 299 cm³/mol. The van der Waals surface area contributed by atoms with Crippen molar-refractivity contribution in [2.45, 2.75) is 12.3 Å². The highest BCUT2D eigenvalue weighted by Gasteiger charge is 2.20. The highest BCUT2D eigenvalue weighted by molar-refractivity contribution is 6.16. The molecule has 0 radical (unpaired) electrons. The summed E-state index contributed by atoms with van der Waals surface area (Å²) in [7, 11) is 0. The first-order chi connectivity index (χ1) is 35.2. The minimum Gasteiger partial charge on any atom is -0.455 e. The Balaban J connectivity index is 0.865. The quantitative estimate of drug-likeness (QED) is 0.151. The Bertz CT molecular complexity index is 4270. The zero-order valence-electron chi connectivity index (χ0n) is 38.9. The van der Waals surface area contributed by atoms with Crippen molar-refractivity contribution >= 4 is 83.7 Å². The molecule has 0 fully saturated rings. The Labute approximate surface area is 411 Å². The van der Waals surface area contributed by atoms with Crippen molar-refractivity contribution in [1.29, 1.82) is 0 Å². The monoisotopic (exact) mass is 906 g/mol. The molecular weight excluding hydrogens is 861 g/mol. The molecule has 3 nitrogen and oxygen atoms in total. The summed E-state index contributed by atoms with van der Waals surface area (Å²) in [6, 6.07) is 90.6. The summed E-state index contributed by atoms with van der Waals surface area (Å²) in [5.74, 6) is 0.342. The molecule has 3 heteroatoms. The van der Waals surface area contributed by atoms with Gasteiger partial charge in [-0.25, -0.2) is 0 Å². The molecule has 1 aliphatic carbocycles. The van der Waals surface area contributed by atoms with E-state index in [0.717, 1.165) is 78.7 Å². The Morgan fingerprint density at radius 2 is 1.03 bits per heavy atom. The van der Waals surface area contributed by atoms with Gasteiger partial charge in [0.25, 0.3) is 0 Å². The fourth-order valence-corrected chi connectivity index (χ4v) is 11.2. The number of anilines is 3. The zero-order chi connectivity index (χ0) is 46.8. The maximum atomic E-state index is 6.58. The van der Waals surface area contributed by atoms with Crippen LogP contribution in [0.1, 0.15) is 17.9 Å². The van der Waals surface area contributed by atoms with Gasteiger partial charge in [-0.05, 0) is 128 Å². The topological polar surface area (TPSA) is 21.3 Å². The number of rotatable bonds is 8. The SMILES string of the molecule is C1=c2ccccc2=CC(c2cccc(-c3ccc(N(c4ccc(-c5cccc(-n6c7ccccc7c7ccccc76)c5)cc4)c4ccccc4-c4ccc5oc6c7ccccc7ccc6c5c4)cc3)c2)C1. The summed E-state index contributed by atoms with van der Waals surface area (Å²) >= 11 is 0. The van der Waals surface area contributed by atoms with E-state index >= 15 is 0 Å². The molecule has 1 atom stereocenters. The highest BCUT2D eigenvalue weighted by Crippen LogP contribution is 2.44. The largest absolute Gasteiger partial charge is 0.455 e. The van der Waals surface area contributed by atoms with Crippen LogP contribution in [0.25, 0.3) is 106 Å². The third kappa shape index (κ3) is 7.05. The van der Waals surface area contributed by atoms with E-state index in [1.54, 1.807) is 0 Å². The minimum absolute atomic E-state index is 0.342. The molecule has 0 aliphatic heterocycles.